The van der Waals surface area contributed by atoms with Crippen molar-refractivity contribution in [1.29, 1.82) is 5.41 Å². The molecule has 3 heteroatoms. The van der Waals surface area contributed by atoms with Gasteiger partial charge in [-0.3, -0.25) is 0 Å². The van der Waals surface area contributed by atoms with Gasteiger partial charge in [0, 0.05) is 11.3 Å². The largest absolute Gasteiger partial charge is 0.305 e. The molecule has 10 heavy (non-hydrogen) atoms. The van der Waals surface area contributed by atoms with E-state index in [2.05, 4.69) is 0 Å². The molecule has 0 bridgehead atoms. The van der Waals surface area contributed by atoms with E-state index >= 15 is 0 Å². The summed E-state index contributed by atoms with van der Waals surface area (Å²) >= 11 is 0. The van der Waals surface area contributed by atoms with Crippen LogP contribution in [0.4, 0.5) is 8.78 Å². The highest BCUT2D eigenvalue weighted by atomic mass is 19.3. The van der Waals surface area contributed by atoms with Gasteiger partial charge in [-0.1, -0.05) is 13.0 Å². The van der Waals surface area contributed by atoms with Crippen molar-refractivity contribution in [3.63, 3.8) is 0 Å². The van der Waals surface area contributed by atoms with E-state index in [9.17, 15) is 8.78 Å². The Balaban J connectivity index is 4.24. The highest BCUT2D eigenvalue weighted by Crippen LogP contribution is 2.10. The van der Waals surface area contributed by atoms with Crippen LogP contribution in [-0.4, -0.2) is 12.1 Å². The highest BCUT2D eigenvalue weighted by molar-refractivity contribution is 5.97. The van der Waals surface area contributed by atoms with Crippen molar-refractivity contribution in [2.75, 3.05) is 0 Å². The van der Waals surface area contributed by atoms with Gasteiger partial charge in [0.25, 0.3) is 6.43 Å². The van der Waals surface area contributed by atoms with Gasteiger partial charge in [0.05, 0.1) is 0 Å². The summed E-state index contributed by atoms with van der Waals surface area (Å²) in [5, 5.41) is 7.08. The number of alkyl halides is 2. The molecular formula is C7H11F2N. The maximum atomic E-state index is 11.9. The van der Waals surface area contributed by atoms with Crippen molar-refractivity contribution in [1.82, 2.24) is 0 Å². The minimum absolute atomic E-state index is 0.0255. The lowest BCUT2D eigenvalue weighted by atomic mass is 10.1. The van der Waals surface area contributed by atoms with Gasteiger partial charge in [0.15, 0.2) is 0 Å². The van der Waals surface area contributed by atoms with E-state index in [0.29, 0.717) is 6.42 Å². The van der Waals surface area contributed by atoms with Gasteiger partial charge >= 0.3 is 0 Å². The van der Waals surface area contributed by atoms with Crippen LogP contribution in [0.25, 0.3) is 0 Å². The first-order valence-electron chi connectivity index (χ1n) is 3.15. The molecule has 1 nitrogen and oxygen atoms in total. The topological polar surface area (TPSA) is 23.9 Å². The fraction of sp³-hybridized carbons (Fsp3) is 0.571. The maximum Gasteiger partial charge on any atom is 0.265 e. The lowest BCUT2D eigenvalue weighted by molar-refractivity contribution is 0.196. The summed E-state index contributed by atoms with van der Waals surface area (Å²) in [4.78, 5) is 0. The Kier molecular flexibility index (Phi) is 3.84. The van der Waals surface area contributed by atoms with Crippen molar-refractivity contribution in [3.05, 3.63) is 11.6 Å². The molecule has 0 aromatic carbocycles. The van der Waals surface area contributed by atoms with E-state index in [-0.39, 0.29) is 11.3 Å². The Morgan fingerprint density at radius 1 is 1.60 bits per heavy atom. The van der Waals surface area contributed by atoms with Crippen LogP contribution in [0.1, 0.15) is 20.3 Å². The van der Waals surface area contributed by atoms with Gasteiger partial charge in [0.1, 0.15) is 0 Å². The molecule has 0 aliphatic rings. The first-order chi connectivity index (χ1) is 4.63. The molecule has 0 radical (unpaired) electrons. The Hall–Kier alpha value is -0.730. The molecule has 0 spiro atoms. The first-order valence-corrected chi connectivity index (χ1v) is 3.15. The summed E-state index contributed by atoms with van der Waals surface area (Å²) in [6, 6.07) is 0. The van der Waals surface area contributed by atoms with E-state index in [4.69, 9.17) is 5.41 Å². The van der Waals surface area contributed by atoms with Gasteiger partial charge in [-0.25, -0.2) is 8.78 Å². The average Bonchev–Trinajstić information content (AvgIpc) is 1.88. The number of rotatable bonds is 3. The molecule has 0 unspecified atom stereocenters. The SMILES string of the molecule is C/C=C(\C(=N)CC)C(F)F. The molecule has 0 aromatic rings. The van der Waals surface area contributed by atoms with Crippen molar-refractivity contribution in [2.24, 2.45) is 0 Å². The number of hydrogen-bond acceptors (Lipinski definition) is 1. The van der Waals surface area contributed by atoms with Crippen LogP contribution in [0.5, 0.6) is 0 Å². The van der Waals surface area contributed by atoms with Gasteiger partial charge in [-0.2, -0.15) is 0 Å². The molecule has 0 fully saturated rings. The van der Waals surface area contributed by atoms with Crippen molar-refractivity contribution in [2.45, 2.75) is 26.7 Å². The molecular weight excluding hydrogens is 136 g/mol. The molecule has 0 aliphatic heterocycles. The molecule has 0 amide bonds. The summed E-state index contributed by atoms with van der Waals surface area (Å²) in [5.41, 5.74) is -0.125. The van der Waals surface area contributed by atoms with E-state index < -0.39 is 6.43 Å². The molecule has 0 rings (SSSR count). The number of allylic oxidation sites excluding steroid dienone is 2. The van der Waals surface area contributed by atoms with Gasteiger partial charge in [-0.15, -0.1) is 0 Å². The van der Waals surface area contributed by atoms with Crippen molar-refractivity contribution >= 4 is 5.71 Å². The van der Waals surface area contributed by atoms with Crippen LogP contribution in [0.3, 0.4) is 0 Å². The molecule has 0 saturated heterocycles. The third-order valence-corrected chi connectivity index (χ3v) is 1.25. The summed E-state index contributed by atoms with van der Waals surface area (Å²) < 4.78 is 23.9. The van der Waals surface area contributed by atoms with E-state index in [0.717, 1.165) is 0 Å². The zero-order valence-corrected chi connectivity index (χ0v) is 6.12. The van der Waals surface area contributed by atoms with Gasteiger partial charge in [-0.05, 0) is 13.3 Å². The quantitative estimate of drug-likeness (QED) is 0.593. The lowest BCUT2D eigenvalue weighted by Gasteiger charge is -2.03. The van der Waals surface area contributed by atoms with Crippen LogP contribution in [-0.2, 0) is 0 Å². The minimum Gasteiger partial charge on any atom is -0.305 e. The Labute approximate surface area is 59.3 Å². The fourth-order valence-electron chi connectivity index (χ4n) is 0.636. The Bertz CT molecular complexity index is 150. The molecule has 0 atom stereocenters. The number of hydrogen-bond donors (Lipinski definition) is 1. The smallest absolute Gasteiger partial charge is 0.265 e. The standard InChI is InChI=1S/C7H11F2N/c1-3-5(7(8)9)6(10)4-2/h3,7,10H,4H2,1-2H3/b5-3+,10-6?. The van der Waals surface area contributed by atoms with E-state index in [1.165, 1.54) is 13.0 Å². The zero-order valence-electron chi connectivity index (χ0n) is 6.12. The molecule has 0 heterocycles. The van der Waals surface area contributed by atoms with Crippen molar-refractivity contribution in [3.8, 4) is 0 Å². The molecule has 1 N–H and O–H groups in total. The highest BCUT2D eigenvalue weighted by Gasteiger charge is 2.12. The van der Waals surface area contributed by atoms with E-state index in [1.54, 1.807) is 6.92 Å². The molecule has 0 aromatic heterocycles. The third kappa shape index (κ3) is 2.25. The third-order valence-electron chi connectivity index (χ3n) is 1.25. The van der Waals surface area contributed by atoms with Crippen LogP contribution in [0.2, 0.25) is 0 Å². The molecule has 0 saturated carbocycles. The average molecular weight is 147 g/mol. The van der Waals surface area contributed by atoms with Gasteiger partial charge < -0.3 is 5.41 Å². The molecule has 0 aliphatic carbocycles. The monoisotopic (exact) mass is 147 g/mol. The van der Waals surface area contributed by atoms with Crippen LogP contribution < -0.4 is 0 Å². The van der Waals surface area contributed by atoms with Gasteiger partial charge in [0.2, 0.25) is 0 Å². The minimum atomic E-state index is -2.50. The van der Waals surface area contributed by atoms with Crippen LogP contribution in [0.15, 0.2) is 11.6 Å². The number of halogens is 2. The Morgan fingerprint density at radius 3 is 2.20 bits per heavy atom. The summed E-state index contributed by atoms with van der Waals surface area (Å²) in [7, 11) is 0. The first kappa shape index (κ1) is 9.27. The second kappa shape index (κ2) is 4.14. The number of nitrogens with one attached hydrogen (secondary N) is 1. The Morgan fingerprint density at radius 2 is 2.10 bits per heavy atom. The van der Waals surface area contributed by atoms with E-state index in [1.807, 2.05) is 0 Å². The van der Waals surface area contributed by atoms with Crippen molar-refractivity contribution < 1.29 is 8.78 Å². The maximum absolute atomic E-state index is 11.9. The summed E-state index contributed by atoms with van der Waals surface area (Å²) in [6.45, 7) is 3.21. The second-order valence-corrected chi connectivity index (χ2v) is 1.88. The second-order valence-electron chi connectivity index (χ2n) is 1.88. The summed E-state index contributed by atoms with van der Waals surface area (Å²) in [6.07, 6.45) is -0.849. The fourth-order valence-corrected chi connectivity index (χ4v) is 0.636. The lowest BCUT2D eigenvalue weighted by Crippen LogP contribution is -2.07. The van der Waals surface area contributed by atoms with Crippen LogP contribution in [0, 0.1) is 5.41 Å². The van der Waals surface area contributed by atoms with Crippen LogP contribution >= 0.6 is 0 Å². The zero-order chi connectivity index (χ0) is 8.15. The summed E-state index contributed by atoms with van der Waals surface area (Å²) in [5.74, 6) is 0. The normalized spacial score (nSPS) is 12.3. The predicted molar refractivity (Wildman–Crippen MR) is 37.8 cm³/mol. The molecule has 58 valence electrons. The predicted octanol–water partition coefficient (Wildman–Crippen LogP) is 2.63.